The summed E-state index contributed by atoms with van der Waals surface area (Å²) in [6.45, 7) is -3.99. The summed E-state index contributed by atoms with van der Waals surface area (Å²) in [6.07, 6.45) is -0.199. The smallest absolute Gasteiger partial charge is 0.306 e. The maximum atomic E-state index is 12.8. The standard InChI is InChI=1S/C7H15Cl2N2O2P/c8-2-5-11(6-3-9)14(12)10-4-1-7-13-14/h1-7H2,(H,10,12)/i2D2,3D2,7D2/hD. The average Bonchev–Trinajstić information content (AvgIpc) is 2.18. The van der Waals surface area contributed by atoms with Crippen molar-refractivity contribution in [1.29, 1.82) is 0 Å². The largest absolute Gasteiger partial charge is 0.343 e. The Balaban J connectivity index is 3.12. The molecule has 0 aromatic heterocycles. The third kappa shape index (κ3) is 3.37. The molecule has 1 aliphatic rings. The molecule has 84 valence electrons. The first-order chi connectivity index (χ1) is 9.15. The Morgan fingerprint density at radius 1 is 1.64 bits per heavy atom. The van der Waals surface area contributed by atoms with Gasteiger partial charge in [0.05, 0.1) is 9.30 Å². The Morgan fingerprint density at radius 3 is 2.86 bits per heavy atom. The van der Waals surface area contributed by atoms with Crippen LogP contribution in [0.2, 0.25) is 1.41 Å². The van der Waals surface area contributed by atoms with Crippen molar-refractivity contribution < 1.29 is 18.7 Å². The van der Waals surface area contributed by atoms with Gasteiger partial charge in [-0.1, -0.05) is 0 Å². The molecular weight excluding hydrogens is 246 g/mol. The average molecular weight is 268 g/mol. The molecule has 0 spiro atoms. The monoisotopic (exact) mass is 267 g/mol. The number of rotatable bonds is 5. The van der Waals surface area contributed by atoms with Crippen LogP contribution in [-0.4, -0.2) is 42.5 Å². The zero-order valence-electron chi connectivity index (χ0n) is 14.2. The van der Waals surface area contributed by atoms with Gasteiger partial charge in [0.1, 0.15) is 1.41 Å². The maximum absolute atomic E-state index is 12.8. The molecule has 1 rings (SSSR count). The molecule has 1 atom stereocenters. The number of halogens is 2. The minimum absolute atomic E-state index is 0.199. The molecule has 0 aromatic rings. The van der Waals surface area contributed by atoms with E-state index in [1.165, 1.54) is 0 Å². The van der Waals surface area contributed by atoms with Crippen LogP contribution in [0.3, 0.4) is 0 Å². The molecule has 0 radical (unpaired) electrons. The molecule has 0 amide bonds. The van der Waals surface area contributed by atoms with Crippen molar-refractivity contribution >= 4 is 30.9 Å². The lowest BCUT2D eigenvalue weighted by Crippen LogP contribution is -2.35. The lowest BCUT2D eigenvalue weighted by molar-refractivity contribution is 0.233. The van der Waals surface area contributed by atoms with Crippen molar-refractivity contribution in [3.8, 4) is 0 Å². The third-order valence-electron chi connectivity index (χ3n) is 1.52. The zero-order valence-corrected chi connectivity index (χ0v) is 9.65. The van der Waals surface area contributed by atoms with E-state index in [0.29, 0.717) is 9.75 Å². The van der Waals surface area contributed by atoms with Crippen LogP contribution in [-0.2, 0) is 9.09 Å². The van der Waals surface area contributed by atoms with E-state index in [1.807, 2.05) is 0 Å². The van der Waals surface area contributed by atoms with Gasteiger partial charge in [-0.25, -0.2) is 9.75 Å². The van der Waals surface area contributed by atoms with E-state index in [4.69, 9.17) is 37.4 Å². The van der Waals surface area contributed by atoms with Gasteiger partial charge in [0.2, 0.25) is 0 Å². The fraction of sp³-hybridized carbons (Fsp3) is 1.00. The highest BCUT2D eigenvalue weighted by Gasteiger charge is 2.32. The lowest BCUT2D eigenvalue weighted by atomic mass is 10.5. The Bertz CT molecular complexity index is 414. The van der Waals surface area contributed by atoms with Crippen molar-refractivity contribution in [2.75, 3.05) is 37.9 Å². The first-order valence-electron chi connectivity index (χ1n) is 7.30. The van der Waals surface area contributed by atoms with Gasteiger partial charge in [-0.3, -0.25) is 4.57 Å². The van der Waals surface area contributed by atoms with Crippen LogP contribution in [0, 0.1) is 0 Å². The molecule has 1 saturated heterocycles. The Hall–Kier alpha value is 0.690. The van der Waals surface area contributed by atoms with E-state index in [-0.39, 0.29) is 13.0 Å². The van der Waals surface area contributed by atoms with E-state index in [1.54, 1.807) is 0 Å². The highest BCUT2D eigenvalue weighted by Crippen LogP contribution is 2.47. The van der Waals surface area contributed by atoms with Crippen LogP contribution in [0.1, 0.15) is 14.6 Å². The third-order valence-corrected chi connectivity index (χ3v) is 3.68. The van der Waals surface area contributed by atoms with E-state index in [0.717, 1.165) is 0 Å². The predicted octanol–water partition coefficient (Wildman–Crippen LogP) is 1.88. The molecular formula is C7H15Cl2N2O2P. The summed E-state index contributed by atoms with van der Waals surface area (Å²) >= 11 is 10.9. The van der Waals surface area contributed by atoms with E-state index < -0.39 is 39.0 Å². The van der Waals surface area contributed by atoms with Crippen LogP contribution in [0.5, 0.6) is 0 Å². The Labute approximate surface area is 104 Å². The van der Waals surface area contributed by atoms with Crippen LogP contribution >= 0.6 is 30.9 Å². The minimum atomic E-state index is -4.32. The van der Waals surface area contributed by atoms with E-state index in [2.05, 4.69) is 0 Å². The maximum Gasteiger partial charge on any atom is 0.343 e. The minimum Gasteiger partial charge on any atom is -0.306 e. The summed E-state index contributed by atoms with van der Waals surface area (Å²) in [5, 5.41) is 0.486. The molecule has 1 aliphatic heterocycles. The van der Waals surface area contributed by atoms with Crippen molar-refractivity contribution in [1.82, 2.24) is 9.75 Å². The van der Waals surface area contributed by atoms with Crippen molar-refractivity contribution in [3.63, 3.8) is 0 Å². The molecule has 1 heterocycles. The van der Waals surface area contributed by atoms with Gasteiger partial charge in [0.25, 0.3) is 0 Å². The lowest BCUT2D eigenvalue weighted by Gasteiger charge is -2.33. The molecule has 0 saturated carbocycles. The molecule has 1 fully saturated rings. The fourth-order valence-electron chi connectivity index (χ4n) is 0.900. The second kappa shape index (κ2) is 6.31. The fourth-order valence-corrected chi connectivity index (χ4v) is 2.82. The van der Waals surface area contributed by atoms with Crippen LogP contribution < -0.4 is 5.08 Å². The van der Waals surface area contributed by atoms with Gasteiger partial charge >= 0.3 is 7.67 Å². The van der Waals surface area contributed by atoms with Gasteiger partial charge in [0.15, 0.2) is 0 Å². The molecule has 14 heavy (non-hydrogen) atoms. The summed E-state index contributed by atoms with van der Waals surface area (Å²) in [4.78, 5) is 0. The molecule has 4 nitrogen and oxygen atoms in total. The summed E-state index contributed by atoms with van der Waals surface area (Å²) in [5.41, 5.74) is 0. The van der Waals surface area contributed by atoms with Gasteiger partial charge in [0, 0.05) is 36.8 Å². The molecule has 1 unspecified atom stereocenters. The molecule has 0 aliphatic carbocycles. The molecule has 1 N–H and O–H groups in total. The highest BCUT2D eigenvalue weighted by molar-refractivity contribution is 7.54. The molecule has 0 aromatic carbocycles. The quantitative estimate of drug-likeness (QED) is 0.610. The van der Waals surface area contributed by atoms with Crippen LogP contribution in [0.25, 0.3) is 0 Å². The van der Waals surface area contributed by atoms with Gasteiger partial charge in [-0.2, -0.15) is 0 Å². The summed E-state index contributed by atoms with van der Waals surface area (Å²) in [6, 6.07) is 0. The van der Waals surface area contributed by atoms with Crippen molar-refractivity contribution in [2.45, 2.75) is 6.42 Å². The number of hydrogen-bond donors (Lipinski definition) is 1. The van der Waals surface area contributed by atoms with Crippen LogP contribution in [0.15, 0.2) is 0 Å². The Kier molecular flexibility index (Phi) is 2.64. The van der Waals surface area contributed by atoms with Gasteiger partial charge in [-0.15, -0.1) is 23.2 Å². The molecule has 0 bridgehead atoms. The second-order valence-electron chi connectivity index (χ2n) is 2.43. The van der Waals surface area contributed by atoms with Crippen molar-refractivity contribution in [2.24, 2.45) is 0 Å². The van der Waals surface area contributed by atoms with E-state index in [9.17, 15) is 4.57 Å². The number of alkyl halides is 2. The number of nitrogens with one attached hydrogen (secondary N) is 1. The van der Waals surface area contributed by atoms with Gasteiger partial charge in [-0.05, 0) is 6.42 Å². The van der Waals surface area contributed by atoms with Gasteiger partial charge < -0.3 is 4.52 Å². The molecule has 7 heteroatoms. The SMILES string of the molecule is [2H]N1CCC([2H])([2H])OP1(=O)N(CC([2H])([2H])Cl)CC([2H])([2H])Cl. The zero-order chi connectivity index (χ0) is 16.7. The highest BCUT2D eigenvalue weighted by atomic mass is 35.5. The van der Waals surface area contributed by atoms with Crippen molar-refractivity contribution in [3.05, 3.63) is 0 Å². The summed E-state index contributed by atoms with van der Waals surface area (Å²) < 4.78 is 70.2. The topological polar surface area (TPSA) is 41.6 Å². The predicted molar refractivity (Wildman–Crippen MR) is 59.2 cm³/mol. The van der Waals surface area contributed by atoms with E-state index >= 15 is 0 Å². The van der Waals surface area contributed by atoms with Crippen LogP contribution in [0.4, 0.5) is 0 Å². The number of nitrogens with zero attached hydrogens (tertiary/aromatic N) is 1. The first-order valence-corrected chi connectivity index (χ1v) is 6.14. The summed E-state index contributed by atoms with van der Waals surface area (Å²) in [5.74, 6) is -4.76. The number of hydrogen-bond acceptors (Lipinski definition) is 2. The summed E-state index contributed by atoms with van der Waals surface area (Å²) in [7, 11) is -4.32. The normalized spacial score (nSPS) is 42.6. The Morgan fingerprint density at radius 2 is 2.29 bits per heavy atom. The first kappa shape index (κ1) is 5.85. The second-order valence-corrected chi connectivity index (χ2v) is 4.98.